The van der Waals surface area contributed by atoms with E-state index >= 15 is 0 Å². The minimum Gasteiger partial charge on any atom is -0.322 e. The molecule has 0 fully saturated rings. The van der Waals surface area contributed by atoms with E-state index in [1.807, 2.05) is 24.3 Å². The number of amides is 1. The molecule has 0 aliphatic heterocycles. The van der Waals surface area contributed by atoms with Gasteiger partial charge in [0.05, 0.1) is 0 Å². The molecule has 4 heteroatoms. The third-order valence-corrected chi connectivity index (χ3v) is 3.24. The van der Waals surface area contributed by atoms with Crippen molar-refractivity contribution < 1.29 is 13.6 Å². The molecule has 0 spiro atoms. The third kappa shape index (κ3) is 5.33. The Balaban J connectivity index is 1.96. The first-order chi connectivity index (χ1) is 10.9. The summed E-state index contributed by atoms with van der Waals surface area (Å²) in [6.45, 7) is 4.33. The van der Waals surface area contributed by atoms with Gasteiger partial charge in [-0.3, -0.25) is 4.79 Å². The second kappa shape index (κ2) is 7.68. The number of hydrogen-bond acceptors (Lipinski definition) is 1. The average molecular weight is 315 g/mol. The summed E-state index contributed by atoms with van der Waals surface area (Å²) in [5, 5.41) is 2.49. The number of rotatable bonds is 5. The Labute approximate surface area is 134 Å². The molecule has 23 heavy (non-hydrogen) atoms. The summed E-state index contributed by atoms with van der Waals surface area (Å²) in [4.78, 5) is 11.8. The van der Waals surface area contributed by atoms with Crippen LogP contribution in [0.3, 0.4) is 0 Å². The lowest BCUT2D eigenvalue weighted by molar-refractivity contribution is -0.111. The molecule has 2 aromatic rings. The van der Waals surface area contributed by atoms with Gasteiger partial charge in [-0.25, -0.2) is 8.78 Å². The summed E-state index contributed by atoms with van der Waals surface area (Å²) in [7, 11) is 0. The van der Waals surface area contributed by atoms with Crippen molar-refractivity contribution in [3.8, 4) is 0 Å². The van der Waals surface area contributed by atoms with E-state index in [1.165, 1.54) is 17.7 Å². The molecule has 0 bridgehead atoms. The largest absolute Gasteiger partial charge is 0.322 e. The zero-order valence-electron chi connectivity index (χ0n) is 13.1. The van der Waals surface area contributed by atoms with Crippen molar-refractivity contribution in [3.05, 3.63) is 71.3 Å². The van der Waals surface area contributed by atoms with Crippen LogP contribution in [0.4, 0.5) is 14.5 Å². The van der Waals surface area contributed by atoms with E-state index in [0.29, 0.717) is 5.92 Å². The maximum Gasteiger partial charge on any atom is 0.248 e. The highest BCUT2D eigenvalue weighted by Gasteiger charge is 2.04. The molecule has 2 rings (SSSR count). The second-order valence-electron chi connectivity index (χ2n) is 5.79. The minimum absolute atomic E-state index is 0.214. The number of carbonyl (C=O) groups excluding carboxylic acids is 1. The predicted molar refractivity (Wildman–Crippen MR) is 89.0 cm³/mol. The van der Waals surface area contributed by atoms with Gasteiger partial charge in [-0.05, 0) is 41.7 Å². The molecule has 0 aromatic heterocycles. The molecular formula is C19H19F2NO. The zero-order valence-corrected chi connectivity index (χ0v) is 13.1. The third-order valence-electron chi connectivity index (χ3n) is 3.24. The molecule has 0 heterocycles. The van der Waals surface area contributed by atoms with E-state index in [9.17, 15) is 13.6 Å². The van der Waals surface area contributed by atoms with Crippen LogP contribution >= 0.6 is 0 Å². The fraction of sp³-hybridized carbons (Fsp3) is 0.211. The minimum atomic E-state index is -0.993. The van der Waals surface area contributed by atoms with Gasteiger partial charge in [0.1, 0.15) is 0 Å². The molecule has 120 valence electrons. The smallest absolute Gasteiger partial charge is 0.248 e. The van der Waals surface area contributed by atoms with E-state index in [-0.39, 0.29) is 5.69 Å². The van der Waals surface area contributed by atoms with Crippen LogP contribution in [0.15, 0.2) is 48.5 Å². The maximum atomic E-state index is 13.1. The topological polar surface area (TPSA) is 29.1 Å². The van der Waals surface area contributed by atoms with Gasteiger partial charge in [-0.2, -0.15) is 0 Å². The molecular weight excluding hydrogens is 296 g/mol. The van der Waals surface area contributed by atoms with Gasteiger partial charge >= 0.3 is 0 Å². The lowest BCUT2D eigenvalue weighted by Gasteiger charge is -2.05. The maximum absolute atomic E-state index is 13.1. The molecule has 0 saturated heterocycles. The lowest BCUT2D eigenvalue weighted by Crippen LogP contribution is -2.08. The zero-order chi connectivity index (χ0) is 16.8. The van der Waals surface area contributed by atoms with E-state index in [4.69, 9.17) is 0 Å². The average Bonchev–Trinajstić information content (AvgIpc) is 2.50. The molecule has 0 unspecified atom stereocenters. The van der Waals surface area contributed by atoms with Crippen molar-refractivity contribution in [2.24, 2.45) is 5.92 Å². The van der Waals surface area contributed by atoms with Gasteiger partial charge < -0.3 is 5.32 Å². The first kappa shape index (κ1) is 16.9. The number of hydrogen-bond donors (Lipinski definition) is 1. The van der Waals surface area contributed by atoms with Gasteiger partial charge in [0.25, 0.3) is 0 Å². The molecule has 0 atom stereocenters. The van der Waals surface area contributed by atoms with E-state index < -0.39 is 17.5 Å². The Morgan fingerprint density at radius 2 is 1.78 bits per heavy atom. The summed E-state index contributed by atoms with van der Waals surface area (Å²) >= 11 is 0. The number of halogens is 2. The van der Waals surface area contributed by atoms with Gasteiger partial charge in [-0.1, -0.05) is 38.1 Å². The Morgan fingerprint density at radius 1 is 1.09 bits per heavy atom. The predicted octanol–water partition coefficient (Wildman–Crippen LogP) is 4.82. The first-order valence-electron chi connectivity index (χ1n) is 7.47. The quantitative estimate of drug-likeness (QED) is 0.788. The molecule has 1 amide bonds. The summed E-state index contributed by atoms with van der Waals surface area (Å²) in [5.41, 5.74) is 2.37. The van der Waals surface area contributed by atoms with Crippen LogP contribution in [0.25, 0.3) is 6.08 Å². The first-order valence-corrected chi connectivity index (χ1v) is 7.47. The van der Waals surface area contributed by atoms with Gasteiger partial charge in [0.15, 0.2) is 11.6 Å². The van der Waals surface area contributed by atoms with Crippen molar-refractivity contribution in [1.29, 1.82) is 0 Å². The molecule has 1 N–H and O–H groups in total. The van der Waals surface area contributed by atoms with Gasteiger partial charge in [-0.15, -0.1) is 0 Å². The highest BCUT2D eigenvalue weighted by molar-refractivity contribution is 6.01. The standard InChI is InChI=1S/C19H19F2NO/c1-13(2)11-15-5-3-14(4-6-15)7-10-19(23)22-16-8-9-17(20)18(21)12-16/h3-10,12-13H,11H2,1-2H3,(H,22,23)/b10-7+. The van der Waals surface area contributed by atoms with Crippen LogP contribution in [-0.2, 0) is 11.2 Å². The van der Waals surface area contributed by atoms with Gasteiger partial charge in [0.2, 0.25) is 5.91 Å². The highest BCUT2D eigenvalue weighted by atomic mass is 19.2. The number of benzene rings is 2. The van der Waals surface area contributed by atoms with E-state index in [2.05, 4.69) is 19.2 Å². The fourth-order valence-electron chi connectivity index (χ4n) is 2.17. The van der Waals surface area contributed by atoms with Crippen molar-refractivity contribution >= 4 is 17.7 Å². The Bertz CT molecular complexity index is 706. The van der Waals surface area contributed by atoms with Crippen LogP contribution in [0.5, 0.6) is 0 Å². The van der Waals surface area contributed by atoms with Gasteiger partial charge in [0, 0.05) is 17.8 Å². The SMILES string of the molecule is CC(C)Cc1ccc(/C=C/C(=O)Nc2ccc(F)c(F)c2)cc1. The van der Waals surface area contributed by atoms with E-state index in [0.717, 1.165) is 24.1 Å². The summed E-state index contributed by atoms with van der Waals surface area (Å²) in [6, 6.07) is 11.2. The summed E-state index contributed by atoms with van der Waals surface area (Å²) < 4.78 is 25.9. The Hall–Kier alpha value is -2.49. The van der Waals surface area contributed by atoms with Crippen LogP contribution in [0.2, 0.25) is 0 Å². The molecule has 0 aliphatic carbocycles. The van der Waals surface area contributed by atoms with Crippen LogP contribution in [-0.4, -0.2) is 5.91 Å². The van der Waals surface area contributed by atoms with Crippen molar-refractivity contribution in [2.75, 3.05) is 5.32 Å². The lowest BCUT2D eigenvalue weighted by atomic mass is 10.0. The van der Waals surface area contributed by atoms with E-state index in [1.54, 1.807) is 6.08 Å². The molecule has 2 aromatic carbocycles. The molecule has 0 radical (unpaired) electrons. The summed E-state index contributed by atoms with van der Waals surface area (Å²) in [5.74, 6) is -1.74. The second-order valence-corrected chi connectivity index (χ2v) is 5.79. The van der Waals surface area contributed by atoms with Crippen LogP contribution in [0.1, 0.15) is 25.0 Å². The molecule has 0 saturated carbocycles. The molecule has 0 aliphatic rings. The van der Waals surface area contributed by atoms with Crippen molar-refractivity contribution in [1.82, 2.24) is 0 Å². The number of anilines is 1. The van der Waals surface area contributed by atoms with Crippen LogP contribution < -0.4 is 5.32 Å². The molecule has 2 nitrogen and oxygen atoms in total. The fourth-order valence-corrected chi connectivity index (χ4v) is 2.17. The monoisotopic (exact) mass is 315 g/mol. The Kier molecular flexibility index (Phi) is 5.63. The van der Waals surface area contributed by atoms with Crippen molar-refractivity contribution in [2.45, 2.75) is 20.3 Å². The van der Waals surface area contributed by atoms with Crippen molar-refractivity contribution in [3.63, 3.8) is 0 Å². The Morgan fingerprint density at radius 3 is 2.39 bits per heavy atom. The normalized spacial score (nSPS) is 11.2. The summed E-state index contributed by atoms with van der Waals surface area (Å²) in [6.07, 6.45) is 4.05. The highest BCUT2D eigenvalue weighted by Crippen LogP contribution is 2.14. The number of carbonyl (C=O) groups is 1. The number of nitrogens with one attached hydrogen (secondary N) is 1. The van der Waals surface area contributed by atoms with Crippen LogP contribution in [0, 0.1) is 17.6 Å².